The molecule has 1 aliphatic heterocycles. The number of nitriles is 1. The van der Waals surface area contributed by atoms with Crippen LogP contribution in [0.4, 0.5) is 39.1 Å². The number of halogens is 5. The molecule has 0 unspecified atom stereocenters. The number of aliphatic hydroxyl groups is 1. The number of carbonyl (C=O) groups excluding carboxylic acids is 2. The van der Waals surface area contributed by atoms with Crippen molar-refractivity contribution in [2.45, 2.75) is 31.7 Å². The minimum atomic E-state index is -4.89. The zero-order valence-electron chi connectivity index (χ0n) is 23.1. The summed E-state index contributed by atoms with van der Waals surface area (Å²) >= 11 is 0. The normalized spacial score (nSPS) is 16.0. The van der Waals surface area contributed by atoms with E-state index in [4.69, 9.17) is 0 Å². The number of benzene rings is 2. The van der Waals surface area contributed by atoms with Crippen LogP contribution in [-0.2, 0) is 15.8 Å². The number of carbonyl (C=O) groups is 2. The lowest BCUT2D eigenvalue weighted by molar-refractivity contribution is -0.137. The highest BCUT2D eigenvalue weighted by molar-refractivity contribution is 6.00. The minimum Gasteiger partial charge on any atom is -0.391 e. The van der Waals surface area contributed by atoms with Crippen molar-refractivity contribution in [1.82, 2.24) is 4.98 Å². The van der Waals surface area contributed by atoms with Crippen LogP contribution in [0, 0.1) is 41.7 Å². The summed E-state index contributed by atoms with van der Waals surface area (Å²) in [6, 6.07) is 9.38. The summed E-state index contributed by atoms with van der Waals surface area (Å²) in [6.07, 6.45) is -5.23. The topological polar surface area (TPSA) is 110 Å². The van der Waals surface area contributed by atoms with Crippen LogP contribution in [0.2, 0.25) is 0 Å². The molecule has 4 rings (SSSR count). The molecule has 1 fully saturated rings. The first-order chi connectivity index (χ1) is 20.8. The van der Waals surface area contributed by atoms with Crippen LogP contribution in [0.25, 0.3) is 0 Å². The lowest BCUT2D eigenvalue weighted by atomic mass is 10.1. The van der Waals surface area contributed by atoms with E-state index in [2.05, 4.69) is 28.7 Å². The van der Waals surface area contributed by atoms with Gasteiger partial charge in [0.15, 0.2) is 0 Å². The number of β-amino-alcohol motifs (C(OH)–C–C–N with tert-alkyl or cyclic N) is 1. The van der Waals surface area contributed by atoms with Crippen LogP contribution >= 0.6 is 0 Å². The lowest BCUT2D eigenvalue weighted by Gasteiger charge is -2.31. The predicted molar refractivity (Wildman–Crippen MR) is 151 cm³/mol. The summed E-state index contributed by atoms with van der Waals surface area (Å²) in [5.41, 5.74) is -1.81. The molecule has 0 bridgehead atoms. The third-order valence-electron chi connectivity index (χ3n) is 6.67. The Kier molecular flexibility index (Phi) is 9.31. The second kappa shape index (κ2) is 12.9. The van der Waals surface area contributed by atoms with E-state index < -0.39 is 58.7 Å². The second-order valence-corrected chi connectivity index (χ2v) is 9.77. The number of pyridine rings is 1. The van der Waals surface area contributed by atoms with Crippen molar-refractivity contribution in [3.63, 3.8) is 0 Å². The Morgan fingerprint density at radius 1 is 1.20 bits per heavy atom. The maximum Gasteiger partial charge on any atom is 0.417 e. The highest BCUT2D eigenvalue weighted by Gasteiger charge is 2.43. The zero-order valence-corrected chi connectivity index (χ0v) is 23.1. The van der Waals surface area contributed by atoms with Gasteiger partial charge < -0.3 is 15.3 Å². The standard InChI is InChI=1S/C31H24F5N5O3/c1-3-28(43)39-21-8-11-26(33)19(14-21)5-4-12-40(22-9-6-20(32)7-10-22)30(44)27-15-23(42)17-41(27)29-24(16-37)25(31(34,35)36)13-18(2)38-29/h3,6-11,13-14,23,27,42H,1,12,15,17H2,2H3,(H,39,43)/t23-,27-/m0/s1. The van der Waals surface area contributed by atoms with Crippen molar-refractivity contribution < 1.29 is 36.6 Å². The molecule has 226 valence electrons. The van der Waals surface area contributed by atoms with Crippen LogP contribution in [0.15, 0.2) is 61.2 Å². The summed E-state index contributed by atoms with van der Waals surface area (Å²) in [7, 11) is 0. The first-order valence-electron chi connectivity index (χ1n) is 13.0. The number of hydrogen-bond donors (Lipinski definition) is 2. The van der Waals surface area contributed by atoms with Gasteiger partial charge in [-0.25, -0.2) is 13.8 Å². The van der Waals surface area contributed by atoms with Crippen LogP contribution in [0.3, 0.4) is 0 Å². The quantitative estimate of drug-likeness (QED) is 0.238. The Morgan fingerprint density at radius 3 is 2.55 bits per heavy atom. The molecule has 13 heteroatoms. The monoisotopic (exact) mass is 609 g/mol. The van der Waals surface area contributed by atoms with Crippen molar-refractivity contribution in [1.29, 1.82) is 5.26 Å². The number of hydrogen-bond acceptors (Lipinski definition) is 6. The summed E-state index contributed by atoms with van der Waals surface area (Å²) in [4.78, 5) is 32.0. The highest BCUT2D eigenvalue weighted by Crippen LogP contribution is 2.38. The molecule has 1 saturated heterocycles. The van der Waals surface area contributed by atoms with E-state index in [1.807, 2.05) is 0 Å². The van der Waals surface area contributed by atoms with Gasteiger partial charge in [-0.1, -0.05) is 18.4 Å². The van der Waals surface area contributed by atoms with Gasteiger partial charge in [0.2, 0.25) is 5.91 Å². The van der Waals surface area contributed by atoms with Gasteiger partial charge in [-0.3, -0.25) is 14.5 Å². The first-order valence-corrected chi connectivity index (χ1v) is 13.0. The van der Waals surface area contributed by atoms with Gasteiger partial charge in [0, 0.05) is 30.0 Å². The van der Waals surface area contributed by atoms with Crippen molar-refractivity contribution in [3.8, 4) is 17.9 Å². The van der Waals surface area contributed by atoms with E-state index in [9.17, 15) is 41.9 Å². The fraction of sp³-hybridized carbons (Fsp3) is 0.226. The molecule has 2 heterocycles. The Hall–Kier alpha value is -5.27. The summed E-state index contributed by atoms with van der Waals surface area (Å²) in [6.45, 7) is 3.97. The lowest BCUT2D eigenvalue weighted by Crippen LogP contribution is -2.47. The van der Waals surface area contributed by atoms with Gasteiger partial charge in [0.05, 0.1) is 23.8 Å². The van der Waals surface area contributed by atoms with E-state index in [0.29, 0.717) is 0 Å². The minimum absolute atomic E-state index is 0.0614. The largest absolute Gasteiger partial charge is 0.417 e. The van der Waals surface area contributed by atoms with Gasteiger partial charge in [-0.15, -0.1) is 0 Å². The molecule has 0 radical (unpaired) electrons. The fourth-order valence-electron chi connectivity index (χ4n) is 4.68. The van der Waals surface area contributed by atoms with Crippen LogP contribution in [0.5, 0.6) is 0 Å². The number of nitrogens with one attached hydrogen (secondary N) is 1. The molecule has 1 aliphatic rings. The number of anilines is 3. The Balaban J connectivity index is 1.73. The molecular weight excluding hydrogens is 585 g/mol. The van der Waals surface area contributed by atoms with Crippen molar-refractivity contribution in [2.24, 2.45) is 0 Å². The van der Waals surface area contributed by atoms with Crippen LogP contribution < -0.4 is 15.1 Å². The molecule has 2 atom stereocenters. The molecule has 8 nitrogen and oxygen atoms in total. The number of aryl methyl sites for hydroxylation is 1. The average Bonchev–Trinajstić information content (AvgIpc) is 3.37. The Morgan fingerprint density at radius 2 is 1.91 bits per heavy atom. The van der Waals surface area contributed by atoms with Crippen molar-refractivity contribution >= 4 is 29.0 Å². The first kappa shape index (κ1) is 31.7. The maximum atomic E-state index is 14.5. The number of rotatable bonds is 6. The number of aromatic nitrogens is 1. The van der Waals surface area contributed by atoms with Crippen molar-refractivity contribution in [2.75, 3.05) is 28.2 Å². The van der Waals surface area contributed by atoms with E-state index in [-0.39, 0.29) is 42.1 Å². The predicted octanol–water partition coefficient (Wildman–Crippen LogP) is 4.71. The van der Waals surface area contributed by atoms with E-state index in [1.165, 1.54) is 37.3 Å². The average molecular weight is 610 g/mol. The molecule has 2 amide bonds. The SMILES string of the molecule is C=CC(=O)Nc1ccc(F)c(C#CCN(C(=O)[C@@H]2C[C@H](O)CN2c2nc(C)cc(C(F)(F)F)c2C#N)c2ccc(F)cc2)c1. The molecular formula is C31H24F5N5O3. The third-order valence-corrected chi connectivity index (χ3v) is 6.67. The van der Waals surface area contributed by atoms with Crippen LogP contribution in [0.1, 0.15) is 28.8 Å². The van der Waals surface area contributed by atoms with E-state index in [1.54, 1.807) is 0 Å². The smallest absolute Gasteiger partial charge is 0.391 e. The molecule has 2 N–H and O–H groups in total. The number of nitrogens with zero attached hydrogens (tertiary/aromatic N) is 4. The van der Waals surface area contributed by atoms with Crippen molar-refractivity contribution in [3.05, 3.63) is 95.2 Å². The molecule has 44 heavy (non-hydrogen) atoms. The molecule has 1 aromatic heterocycles. The Labute approximate surface area is 249 Å². The molecule has 0 saturated carbocycles. The fourth-order valence-corrected chi connectivity index (χ4v) is 4.68. The molecule has 2 aromatic carbocycles. The van der Waals surface area contributed by atoms with Gasteiger partial charge >= 0.3 is 6.18 Å². The second-order valence-electron chi connectivity index (χ2n) is 9.77. The number of amides is 2. The van der Waals surface area contributed by atoms with Gasteiger partial charge in [-0.2, -0.15) is 18.4 Å². The number of alkyl halides is 3. The summed E-state index contributed by atoms with van der Waals surface area (Å²) in [5.74, 6) is 2.26. The van der Waals surface area contributed by atoms with Gasteiger partial charge in [-0.05, 0) is 61.5 Å². The van der Waals surface area contributed by atoms with Gasteiger partial charge in [0.25, 0.3) is 5.91 Å². The molecule has 3 aromatic rings. The highest BCUT2D eigenvalue weighted by atomic mass is 19.4. The maximum absolute atomic E-state index is 14.5. The van der Waals surface area contributed by atoms with E-state index in [0.717, 1.165) is 40.1 Å². The van der Waals surface area contributed by atoms with Gasteiger partial charge in [0.1, 0.15) is 35.1 Å². The molecule has 0 aliphatic carbocycles. The third kappa shape index (κ3) is 7.02. The summed E-state index contributed by atoms with van der Waals surface area (Å²) < 4.78 is 69.6. The zero-order chi connectivity index (χ0) is 32.2. The van der Waals surface area contributed by atoms with Crippen LogP contribution in [-0.4, -0.2) is 47.1 Å². The number of aliphatic hydroxyl groups excluding tert-OH is 1. The summed E-state index contributed by atoms with van der Waals surface area (Å²) in [5, 5.41) is 22.6. The molecule has 0 spiro atoms. The Bertz CT molecular complexity index is 1710. The van der Waals surface area contributed by atoms with E-state index >= 15 is 0 Å².